The van der Waals surface area contributed by atoms with E-state index in [-0.39, 0.29) is 13.3 Å². The molecule has 0 unspecified atom stereocenters. The fourth-order valence-corrected chi connectivity index (χ4v) is 1.26. The summed E-state index contributed by atoms with van der Waals surface area (Å²) < 4.78 is 11.6. The Bertz CT molecular complexity index is 66.2. The summed E-state index contributed by atoms with van der Waals surface area (Å²) >= 11 is 0. The van der Waals surface area contributed by atoms with Crippen LogP contribution in [0.5, 0.6) is 0 Å². The van der Waals surface area contributed by atoms with E-state index >= 15 is 0 Å². The SMILES string of the molecule is [O]CCCCCCCCCCF. The van der Waals surface area contributed by atoms with E-state index in [1.165, 1.54) is 19.3 Å². The Balaban J connectivity index is 2.73. The number of halogens is 1. The van der Waals surface area contributed by atoms with Crippen LogP contribution in [0.15, 0.2) is 0 Å². The van der Waals surface area contributed by atoms with Gasteiger partial charge in [-0.15, -0.1) is 0 Å². The van der Waals surface area contributed by atoms with Crippen LogP contribution < -0.4 is 0 Å². The Morgan fingerprint density at radius 2 is 1.08 bits per heavy atom. The van der Waals surface area contributed by atoms with Crippen LogP contribution in [0.4, 0.5) is 4.39 Å². The molecule has 0 heterocycles. The number of rotatable bonds is 9. The summed E-state index contributed by atoms with van der Waals surface area (Å²) in [5.74, 6) is 0. The van der Waals surface area contributed by atoms with Crippen LogP contribution in [0.2, 0.25) is 0 Å². The molecule has 1 nitrogen and oxygen atoms in total. The predicted molar refractivity (Wildman–Crippen MR) is 48.5 cm³/mol. The van der Waals surface area contributed by atoms with Crippen LogP contribution in [-0.2, 0) is 5.11 Å². The molecule has 0 aliphatic carbocycles. The summed E-state index contributed by atoms with van der Waals surface area (Å²) in [7, 11) is 0. The molecule has 0 atom stereocenters. The Hall–Kier alpha value is -0.110. The standard InChI is InChI=1S/C10H20FO/c11-9-7-5-3-1-2-4-6-8-10-12/h1-10H2. The lowest BCUT2D eigenvalue weighted by Gasteiger charge is -1.99. The van der Waals surface area contributed by atoms with E-state index in [9.17, 15) is 9.50 Å². The van der Waals surface area contributed by atoms with Gasteiger partial charge in [0.25, 0.3) is 0 Å². The average Bonchev–Trinajstić information content (AvgIpc) is 2.10. The van der Waals surface area contributed by atoms with Crippen molar-refractivity contribution >= 4 is 0 Å². The van der Waals surface area contributed by atoms with Gasteiger partial charge in [-0.05, 0) is 12.8 Å². The molecule has 1 radical (unpaired) electrons. The summed E-state index contributed by atoms with van der Waals surface area (Å²) in [6, 6.07) is 0. The van der Waals surface area contributed by atoms with E-state index in [4.69, 9.17) is 0 Å². The molecular weight excluding hydrogens is 155 g/mol. The Morgan fingerprint density at radius 1 is 0.667 bits per heavy atom. The van der Waals surface area contributed by atoms with Crippen LogP contribution in [0.1, 0.15) is 51.4 Å². The lowest BCUT2D eigenvalue weighted by molar-refractivity contribution is 0.186. The van der Waals surface area contributed by atoms with Gasteiger partial charge < -0.3 is 0 Å². The smallest absolute Gasteiger partial charge is 0.0894 e. The Labute approximate surface area is 75.0 Å². The minimum Gasteiger partial charge on any atom is -0.251 e. The molecule has 0 N–H and O–H groups in total. The highest BCUT2D eigenvalue weighted by molar-refractivity contribution is 4.45. The van der Waals surface area contributed by atoms with Crippen molar-refractivity contribution in [3.63, 3.8) is 0 Å². The summed E-state index contributed by atoms with van der Waals surface area (Å²) in [6.07, 6.45) is 8.40. The Kier molecular flexibility index (Phi) is 10.8. The molecule has 0 saturated carbocycles. The van der Waals surface area contributed by atoms with Gasteiger partial charge in [-0.1, -0.05) is 38.5 Å². The van der Waals surface area contributed by atoms with Gasteiger partial charge in [0.1, 0.15) is 0 Å². The third-order valence-corrected chi connectivity index (χ3v) is 2.03. The van der Waals surface area contributed by atoms with Crippen molar-refractivity contribution < 1.29 is 9.50 Å². The summed E-state index contributed by atoms with van der Waals surface area (Å²) in [6.45, 7) is -0.0992. The topological polar surface area (TPSA) is 19.9 Å². The molecule has 2 heteroatoms. The van der Waals surface area contributed by atoms with Gasteiger partial charge >= 0.3 is 0 Å². The second-order valence-electron chi connectivity index (χ2n) is 3.22. The predicted octanol–water partition coefficient (Wildman–Crippen LogP) is 3.51. The number of hydrogen-bond acceptors (Lipinski definition) is 0. The zero-order chi connectivity index (χ0) is 9.07. The molecule has 73 valence electrons. The molecule has 0 saturated heterocycles. The molecule has 0 fully saturated rings. The van der Waals surface area contributed by atoms with E-state index < -0.39 is 0 Å². The van der Waals surface area contributed by atoms with Crippen LogP contribution in [0.25, 0.3) is 0 Å². The highest BCUT2D eigenvalue weighted by Gasteiger charge is 1.91. The van der Waals surface area contributed by atoms with Gasteiger partial charge in [-0.25, -0.2) is 5.11 Å². The Morgan fingerprint density at radius 3 is 1.50 bits per heavy atom. The van der Waals surface area contributed by atoms with Crippen molar-refractivity contribution in [2.45, 2.75) is 51.4 Å². The summed E-state index contributed by atoms with van der Waals surface area (Å²) in [5, 5.41) is 10.1. The number of alkyl halides is 1. The number of unbranched alkanes of at least 4 members (excludes halogenated alkanes) is 7. The normalized spacial score (nSPS) is 10.5. The van der Waals surface area contributed by atoms with Gasteiger partial charge in [0.2, 0.25) is 0 Å². The fourth-order valence-electron chi connectivity index (χ4n) is 1.26. The zero-order valence-electron chi connectivity index (χ0n) is 7.86. The molecule has 0 aromatic rings. The maximum atomic E-state index is 11.6. The minimum absolute atomic E-state index is 0.0713. The first-order valence-corrected chi connectivity index (χ1v) is 5.06. The molecule has 0 aliphatic heterocycles. The second kappa shape index (κ2) is 10.9. The maximum Gasteiger partial charge on any atom is 0.0894 e. The van der Waals surface area contributed by atoms with Gasteiger partial charge in [-0.3, -0.25) is 4.39 Å². The van der Waals surface area contributed by atoms with E-state index in [1.807, 2.05) is 0 Å². The van der Waals surface area contributed by atoms with Crippen molar-refractivity contribution in [2.24, 2.45) is 0 Å². The molecule has 0 aromatic carbocycles. The van der Waals surface area contributed by atoms with Crippen molar-refractivity contribution in [3.8, 4) is 0 Å². The van der Waals surface area contributed by atoms with Crippen molar-refractivity contribution in [3.05, 3.63) is 0 Å². The van der Waals surface area contributed by atoms with E-state index in [2.05, 4.69) is 0 Å². The molecular formula is C10H20FO. The van der Waals surface area contributed by atoms with Gasteiger partial charge in [0.05, 0.1) is 13.3 Å². The largest absolute Gasteiger partial charge is 0.251 e. The second-order valence-corrected chi connectivity index (χ2v) is 3.22. The quantitative estimate of drug-likeness (QED) is 0.478. The van der Waals surface area contributed by atoms with Crippen molar-refractivity contribution in [2.75, 3.05) is 13.3 Å². The lowest BCUT2D eigenvalue weighted by atomic mass is 10.1. The number of hydrogen-bond donors (Lipinski definition) is 0. The highest BCUT2D eigenvalue weighted by Crippen LogP contribution is 2.08. The third-order valence-electron chi connectivity index (χ3n) is 2.03. The monoisotopic (exact) mass is 175 g/mol. The molecule has 12 heavy (non-hydrogen) atoms. The van der Waals surface area contributed by atoms with Crippen LogP contribution in [0, 0.1) is 0 Å². The van der Waals surface area contributed by atoms with Gasteiger partial charge in [0, 0.05) is 0 Å². The van der Waals surface area contributed by atoms with Gasteiger partial charge in [-0.2, -0.15) is 0 Å². The molecule has 0 rings (SSSR count). The average molecular weight is 175 g/mol. The highest BCUT2D eigenvalue weighted by atomic mass is 19.1. The first-order chi connectivity index (χ1) is 5.91. The lowest BCUT2D eigenvalue weighted by Crippen LogP contribution is -1.83. The first kappa shape index (κ1) is 11.9. The maximum absolute atomic E-state index is 11.6. The van der Waals surface area contributed by atoms with Crippen LogP contribution >= 0.6 is 0 Å². The molecule has 0 bridgehead atoms. The van der Waals surface area contributed by atoms with E-state index in [1.54, 1.807) is 0 Å². The van der Waals surface area contributed by atoms with E-state index in [0.29, 0.717) is 0 Å². The zero-order valence-corrected chi connectivity index (χ0v) is 7.86. The summed E-state index contributed by atoms with van der Waals surface area (Å²) in [4.78, 5) is 0. The molecule has 0 amide bonds. The van der Waals surface area contributed by atoms with Crippen LogP contribution in [-0.4, -0.2) is 13.3 Å². The van der Waals surface area contributed by atoms with Gasteiger partial charge in [0.15, 0.2) is 0 Å². The molecule has 0 aliphatic rings. The van der Waals surface area contributed by atoms with Crippen molar-refractivity contribution in [1.82, 2.24) is 0 Å². The van der Waals surface area contributed by atoms with Crippen molar-refractivity contribution in [1.29, 1.82) is 0 Å². The van der Waals surface area contributed by atoms with Crippen LogP contribution in [0.3, 0.4) is 0 Å². The minimum atomic E-state index is -0.170. The first-order valence-electron chi connectivity index (χ1n) is 5.06. The fraction of sp³-hybridized carbons (Fsp3) is 1.00. The third kappa shape index (κ3) is 9.89. The van der Waals surface area contributed by atoms with E-state index in [0.717, 1.165) is 32.1 Å². The molecule has 0 aromatic heterocycles. The summed E-state index contributed by atoms with van der Waals surface area (Å²) in [5.41, 5.74) is 0. The molecule has 0 spiro atoms.